The average Bonchev–Trinajstić information content (AvgIpc) is 2.94. The molecular weight excluding hydrogens is 306 g/mol. The van der Waals surface area contributed by atoms with E-state index in [0.29, 0.717) is 6.04 Å². The molecule has 1 aliphatic heterocycles. The quantitative estimate of drug-likeness (QED) is 0.707. The smallest absolute Gasteiger partial charge is 0.0515 e. The number of hydrogen-bond acceptors (Lipinski definition) is 2. The molecular formula is C22H27N3. The zero-order valence-electron chi connectivity index (χ0n) is 15.5. The van der Waals surface area contributed by atoms with Crippen molar-refractivity contribution in [2.24, 2.45) is 0 Å². The number of fused-ring (bicyclic) bond motifs is 3. The van der Waals surface area contributed by atoms with E-state index in [-0.39, 0.29) is 0 Å². The number of benzene rings is 1. The molecule has 3 heterocycles. The number of likely N-dealkylation sites (N-methyl/N-ethyl adjacent to an activating group) is 1. The maximum absolute atomic E-state index is 4.27. The molecule has 1 aromatic carbocycles. The Morgan fingerprint density at radius 3 is 2.84 bits per heavy atom. The van der Waals surface area contributed by atoms with Gasteiger partial charge in [-0.3, -0.25) is 9.88 Å². The molecule has 0 N–H and O–H groups in total. The van der Waals surface area contributed by atoms with Crippen molar-refractivity contribution in [1.82, 2.24) is 14.5 Å². The minimum absolute atomic E-state index is 0.610. The van der Waals surface area contributed by atoms with E-state index in [1.165, 1.54) is 22.0 Å². The van der Waals surface area contributed by atoms with Crippen molar-refractivity contribution in [2.45, 2.75) is 52.7 Å². The van der Waals surface area contributed by atoms with E-state index in [0.717, 1.165) is 32.5 Å². The van der Waals surface area contributed by atoms with Gasteiger partial charge in [-0.2, -0.15) is 0 Å². The largest absolute Gasteiger partial charge is 0.344 e. The molecule has 1 unspecified atom stereocenters. The Hall–Kier alpha value is -2.13. The first-order valence-corrected chi connectivity index (χ1v) is 9.41. The summed E-state index contributed by atoms with van der Waals surface area (Å²) in [5.41, 5.74) is 7.22. The second-order valence-corrected chi connectivity index (χ2v) is 7.28. The lowest BCUT2D eigenvalue weighted by Crippen LogP contribution is -2.38. The molecule has 3 nitrogen and oxygen atoms in total. The summed E-state index contributed by atoms with van der Waals surface area (Å²) >= 11 is 0. The van der Waals surface area contributed by atoms with Crippen LogP contribution < -0.4 is 0 Å². The van der Waals surface area contributed by atoms with E-state index in [9.17, 15) is 0 Å². The molecule has 2 aromatic heterocycles. The third-order valence-corrected chi connectivity index (χ3v) is 5.73. The summed E-state index contributed by atoms with van der Waals surface area (Å²) in [6, 6.07) is 11.6. The Balaban J connectivity index is 1.79. The van der Waals surface area contributed by atoms with E-state index in [2.05, 4.69) is 59.5 Å². The number of rotatable bonds is 4. The number of pyridine rings is 1. The maximum Gasteiger partial charge on any atom is 0.0515 e. The first kappa shape index (κ1) is 16.3. The highest BCUT2D eigenvalue weighted by Crippen LogP contribution is 2.34. The second kappa shape index (κ2) is 6.64. The monoisotopic (exact) mass is 333 g/mol. The fraction of sp³-hybridized carbons (Fsp3) is 0.409. The van der Waals surface area contributed by atoms with Crippen molar-refractivity contribution in [1.29, 1.82) is 0 Å². The van der Waals surface area contributed by atoms with Crippen molar-refractivity contribution < 1.29 is 0 Å². The van der Waals surface area contributed by atoms with Crippen LogP contribution in [0.5, 0.6) is 0 Å². The number of aromatic nitrogens is 2. The minimum Gasteiger partial charge on any atom is -0.344 e. The van der Waals surface area contributed by atoms with Crippen LogP contribution in [0, 0.1) is 6.92 Å². The lowest BCUT2D eigenvalue weighted by molar-refractivity contribution is 0.192. The maximum atomic E-state index is 4.27. The van der Waals surface area contributed by atoms with Gasteiger partial charge in [0.25, 0.3) is 0 Å². The Labute approximate surface area is 150 Å². The average molecular weight is 333 g/mol. The second-order valence-electron chi connectivity index (χ2n) is 7.28. The zero-order valence-corrected chi connectivity index (χ0v) is 15.5. The van der Waals surface area contributed by atoms with Gasteiger partial charge in [0.2, 0.25) is 0 Å². The highest BCUT2D eigenvalue weighted by Gasteiger charge is 2.27. The molecule has 0 radical (unpaired) electrons. The lowest BCUT2D eigenvalue weighted by Gasteiger charge is -2.33. The van der Waals surface area contributed by atoms with Gasteiger partial charge < -0.3 is 4.57 Å². The molecule has 0 spiro atoms. The van der Waals surface area contributed by atoms with Gasteiger partial charge in [0, 0.05) is 49.0 Å². The van der Waals surface area contributed by atoms with Gasteiger partial charge >= 0.3 is 0 Å². The van der Waals surface area contributed by atoms with Crippen LogP contribution >= 0.6 is 0 Å². The summed E-state index contributed by atoms with van der Waals surface area (Å²) in [5.74, 6) is 0. The third-order valence-electron chi connectivity index (χ3n) is 5.73. The van der Waals surface area contributed by atoms with Crippen LogP contribution in [-0.4, -0.2) is 27.0 Å². The van der Waals surface area contributed by atoms with Crippen molar-refractivity contribution in [2.75, 3.05) is 6.54 Å². The minimum atomic E-state index is 0.610. The fourth-order valence-corrected chi connectivity index (χ4v) is 4.35. The summed E-state index contributed by atoms with van der Waals surface area (Å²) in [6.07, 6.45) is 6.02. The van der Waals surface area contributed by atoms with Gasteiger partial charge in [-0.25, -0.2) is 0 Å². The third kappa shape index (κ3) is 2.87. The Kier molecular flexibility index (Phi) is 4.34. The highest BCUT2D eigenvalue weighted by atomic mass is 15.2. The first-order chi connectivity index (χ1) is 12.2. The summed E-state index contributed by atoms with van der Waals surface area (Å²) in [6.45, 7) is 10.1. The molecule has 0 saturated carbocycles. The SMILES string of the molecule is CCN1Cc2c(n(CCc3cccnc3)c3c(C)cccc23)CC1C. The normalized spacial score (nSPS) is 17.8. The van der Waals surface area contributed by atoms with Crippen LogP contribution in [0.4, 0.5) is 0 Å². The number of nitrogens with zero attached hydrogens (tertiary/aromatic N) is 3. The summed E-state index contributed by atoms with van der Waals surface area (Å²) in [5, 5.41) is 1.45. The molecule has 0 saturated heterocycles. The predicted octanol–water partition coefficient (Wildman–Crippen LogP) is 4.35. The van der Waals surface area contributed by atoms with Gasteiger partial charge in [-0.05, 0) is 49.6 Å². The molecule has 0 aliphatic carbocycles. The van der Waals surface area contributed by atoms with Crippen LogP contribution in [-0.2, 0) is 25.9 Å². The molecule has 25 heavy (non-hydrogen) atoms. The molecule has 130 valence electrons. The van der Waals surface area contributed by atoms with E-state index in [1.807, 2.05) is 18.5 Å². The molecule has 0 amide bonds. The Bertz CT molecular complexity index is 879. The van der Waals surface area contributed by atoms with Crippen LogP contribution in [0.1, 0.15) is 36.2 Å². The number of hydrogen-bond donors (Lipinski definition) is 0. The molecule has 3 heteroatoms. The molecule has 1 aliphatic rings. The van der Waals surface area contributed by atoms with Crippen LogP contribution in [0.25, 0.3) is 10.9 Å². The molecule has 0 bridgehead atoms. The van der Waals surface area contributed by atoms with Gasteiger partial charge in [-0.15, -0.1) is 0 Å². The van der Waals surface area contributed by atoms with Gasteiger partial charge in [0.05, 0.1) is 5.52 Å². The van der Waals surface area contributed by atoms with Crippen LogP contribution in [0.3, 0.4) is 0 Å². The number of para-hydroxylation sites is 1. The van der Waals surface area contributed by atoms with E-state index in [1.54, 1.807) is 11.3 Å². The first-order valence-electron chi connectivity index (χ1n) is 9.41. The highest BCUT2D eigenvalue weighted by molar-refractivity contribution is 5.88. The fourth-order valence-electron chi connectivity index (χ4n) is 4.35. The predicted molar refractivity (Wildman–Crippen MR) is 104 cm³/mol. The van der Waals surface area contributed by atoms with Crippen LogP contribution in [0.2, 0.25) is 0 Å². The van der Waals surface area contributed by atoms with E-state index >= 15 is 0 Å². The summed E-state index contributed by atoms with van der Waals surface area (Å²) in [4.78, 5) is 6.86. The van der Waals surface area contributed by atoms with Gasteiger partial charge in [-0.1, -0.05) is 31.2 Å². The van der Waals surface area contributed by atoms with Crippen molar-refractivity contribution in [3.8, 4) is 0 Å². The van der Waals surface area contributed by atoms with E-state index in [4.69, 9.17) is 0 Å². The summed E-state index contributed by atoms with van der Waals surface area (Å²) in [7, 11) is 0. The topological polar surface area (TPSA) is 21.1 Å². The lowest BCUT2D eigenvalue weighted by atomic mass is 9.99. The van der Waals surface area contributed by atoms with Crippen molar-refractivity contribution in [3.05, 3.63) is 65.1 Å². The molecule has 1 atom stereocenters. The van der Waals surface area contributed by atoms with Gasteiger partial charge in [0.15, 0.2) is 0 Å². The van der Waals surface area contributed by atoms with E-state index < -0.39 is 0 Å². The molecule has 4 rings (SSSR count). The number of aryl methyl sites for hydroxylation is 3. The molecule has 0 fully saturated rings. The Morgan fingerprint density at radius 2 is 2.08 bits per heavy atom. The summed E-state index contributed by atoms with van der Waals surface area (Å²) < 4.78 is 2.59. The standard InChI is InChI=1S/C22H27N3/c1-4-24-15-20-19-9-5-7-16(2)22(19)25(21(20)13-17(24)3)12-10-18-8-6-11-23-14-18/h5-9,11,14,17H,4,10,12-13,15H2,1-3H3. The van der Waals surface area contributed by atoms with Gasteiger partial charge in [0.1, 0.15) is 0 Å². The van der Waals surface area contributed by atoms with Crippen LogP contribution in [0.15, 0.2) is 42.7 Å². The zero-order chi connectivity index (χ0) is 17.4. The molecule has 3 aromatic rings. The van der Waals surface area contributed by atoms with Crippen molar-refractivity contribution in [3.63, 3.8) is 0 Å². The van der Waals surface area contributed by atoms with Crippen molar-refractivity contribution >= 4 is 10.9 Å². The Morgan fingerprint density at radius 1 is 1.20 bits per heavy atom.